The lowest BCUT2D eigenvalue weighted by molar-refractivity contribution is 0.0957. The number of rotatable bonds is 5. The van der Waals surface area contributed by atoms with Crippen LogP contribution in [-0.2, 0) is 13.6 Å². The molecule has 1 aliphatic heterocycles. The molecule has 32 heavy (non-hydrogen) atoms. The van der Waals surface area contributed by atoms with Crippen LogP contribution in [-0.4, -0.2) is 39.9 Å². The van der Waals surface area contributed by atoms with Gasteiger partial charge in [0.25, 0.3) is 11.5 Å². The van der Waals surface area contributed by atoms with Crippen LogP contribution in [0.15, 0.2) is 68.9 Å². The Labute approximate surface area is 189 Å². The number of nitrogens with zero attached hydrogens (tertiary/aromatic N) is 4. The van der Waals surface area contributed by atoms with Gasteiger partial charge in [0.15, 0.2) is 0 Å². The molecule has 1 amide bonds. The molecule has 0 fully saturated rings. The van der Waals surface area contributed by atoms with Gasteiger partial charge in [-0.05, 0) is 41.5 Å². The number of hydrazone groups is 1. The van der Waals surface area contributed by atoms with Crippen LogP contribution in [0.1, 0.15) is 22.3 Å². The molecule has 8 nitrogen and oxygen atoms in total. The van der Waals surface area contributed by atoms with Crippen molar-refractivity contribution >= 4 is 34.6 Å². The lowest BCUT2D eigenvalue weighted by atomic mass is 10.1. The van der Waals surface area contributed by atoms with E-state index >= 15 is 0 Å². The third-order valence-corrected chi connectivity index (χ3v) is 5.58. The normalized spacial score (nSPS) is 13.3. The van der Waals surface area contributed by atoms with Gasteiger partial charge in [-0.25, -0.2) is 4.79 Å². The molecule has 0 bridgehead atoms. The van der Waals surface area contributed by atoms with E-state index in [1.54, 1.807) is 54.7 Å². The van der Waals surface area contributed by atoms with Crippen molar-refractivity contribution in [3.63, 3.8) is 0 Å². The zero-order valence-corrected chi connectivity index (χ0v) is 18.5. The highest BCUT2D eigenvalue weighted by Gasteiger charge is 2.15. The molecule has 0 saturated carbocycles. The second kappa shape index (κ2) is 8.84. The summed E-state index contributed by atoms with van der Waals surface area (Å²) in [4.78, 5) is 38.7. The van der Waals surface area contributed by atoms with Gasteiger partial charge in [-0.3, -0.25) is 23.7 Å². The number of carbonyl (C=O) groups is 1. The lowest BCUT2D eigenvalue weighted by Crippen LogP contribution is -2.39. The van der Waals surface area contributed by atoms with E-state index in [1.807, 2.05) is 13.2 Å². The highest BCUT2D eigenvalue weighted by molar-refractivity contribution is 6.30. The number of carbonyl (C=O) groups excluding carboxylic acids is 1. The number of hydrogen-bond donors (Lipinski definition) is 1. The zero-order chi connectivity index (χ0) is 22.8. The van der Waals surface area contributed by atoms with Gasteiger partial charge < -0.3 is 5.32 Å². The Morgan fingerprint density at radius 2 is 1.88 bits per heavy atom. The van der Waals surface area contributed by atoms with Gasteiger partial charge in [0.2, 0.25) is 0 Å². The van der Waals surface area contributed by atoms with Gasteiger partial charge in [-0.2, -0.15) is 5.10 Å². The van der Waals surface area contributed by atoms with Crippen molar-refractivity contribution in [3.05, 3.63) is 91.2 Å². The van der Waals surface area contributed by atoms with E-state index in [2.05, 4.69) is 10.4 Å². The molecule has 0 aliphatic carbocycles. The molecule has 2 heterocycles. The van der Waals surface area contributed by atoms with Gasteiger partial charge in [-0.1, -0.05) is 23.7 Å². The maximum Gasteiger partial charge on any atom is 0.331 e. The Balaban J connectivity index is 1.65. The average molecular weight is 452 g/mol. The smallest absolute Gasteiger partial charge is 0.331 e. The van der Waals surface area contributed by atoms with E-state index in [4.69, 9.17) is 11.6 Å². The van der Waals surface area contributed by atoms with Crippen molar-refractivity contribution in [1.29, 1.82) is 0 Å². The number of fused-ring (bicyclic) bond motifs is 1. The minimum Gasteiger partial charge on any atom is -0.348 e. The minimum absolute atomic E-state index is 0.109. The fraction of sp³-hybridized carbons (Fsp3) is 0.217. The Hall–Kier alpha value is -3.65. The molecule has 4 rings (SSSR count). The lowest BCUT2D eigenvalue weighted by Gasteiger charge is -2.16. The van der Waals surface area contributed by atoms with Crippen molar-refractivity contribution in [2.75, 3.05) is 13.6 Å². The molecule has 0 spiro atoms. The van der Waals surface area contributed by atoms with Crippen LogP contribution in [0, 0.1) is 0 Å². The first kappa shape index (κ1) is 21.6. The van der Waals surface area contributed by atoms with Crippen molar-refractivity contribution in [1.82, 2.24) is 19.5 Å². The van der Waals surface area contributed by atoms with E-state index in [0.717, 1.165) is 15.7 Å². The first-order valence-corrected chi connectivity index (χ1v) is 10.4. The van der Waals surface area contributed by atoms with E-state index in [-0.39, 0.29) is 12.5 Å². The minimum atomic E-state index is -0.444. The van der Waals surface area contributed by atoms with Gasteiger partial charge in [0, 0.05) is 50.1 Å². The molecule has 1 aromatic heterocycles. The molecule has 2 aromatic carbocycles. The highest BCUT2D eigenvalue weighted by Crippen LogP contribution is 2.13. The predicted octanol–water partition coefficient (Wildman–Crippen LogP) is 2.34. The van der Waals surface area contributed by atoms with Crippen molar-refractivity contribution in [3.8, 4) is 0 Å². The summed E-state index contributed by atoms with van der Waals surface area (Å²) in [5, 5.41) is 9.55. The Bertz CT molecular complexity index is 1370. The summed E-state index contributed by atoms with van der Waals surface area (Å²) >= 11 is 5.93. The summed E-state index contributed by atoms with van der Waals surface area (Å²) in [6.07, 6.45) is 4.31. The summed E-state index contributed by atoms with van der Waals surface area (Å²) in [5.74, 6) is -0.296. The van der Waals surface area contributed by atoms with Crippen LogP contribution < -0.4 is 16.6 Å². The molecule has 0 unspecified atom stereocenters. The fourth-order valence-corrected chi connectivity index (χ4v) is 3.75. The monoisotopic (exact) mass is 451 g/mol. The number of aromatic nitrogens is 2. The third-order valence-electron chi connectivity index (χ3n) is 5.33. The van der Waals surface area contributed by atoms with Crippen LogP contribution in [0.4, 0.5) is 0 Å². The van der Waals surface area contributed by atoms with Gasteiger partial charge in [0.1, 0.15) is 0 Å². The number of halogens is 1. The SMILES string of the molecule is CN1C=C(CNC(=O)c2ccc3c(c2)c(=O)n(Cc2ccc(Cl)cc2)c(=O)n3C)CC=N1. The largest absolute Gasteiger partial charge is 0.348 e. The molecule has 9 heteroatoms. The summed E-state index contributed by atoms with van der Waals surface area (Å²) in [7, 11) is 3.43. The van der Waals surface area contributed by atoms with Gasteiger partial charge in [0.05, 0.1) is 17.4 Å². The van der Waals surface area contributed by atoms with Crippen LogP contribution in [0.3, 0.4) is 0 Å². The number of hydrogen-bond acceptors (Lipinski definition) is 5. The summed E-state index contributed by atoms with van der Waals surface area (Å²) in [6, 6.07) is 11.7. The number of nitrogens with one attached hydrogen (secondary N) is 1. The summed E-state index contributed by atoms with van der Waals surface area (Å²) in [5.41, 5.74) is 1.74. The Kier molecular flexibility index (Phi) is 5.96. The van der Waals surface area contributed by atoms with Crippen molar-refractivity contribution < 1.29 is 4.79 Å². The number of amides is 1. The first-order chi connectivity index (χ1) is 15.3. The maximum absolute atomic E-state index is 13.2. The Morgan fingerprint density at radius 1 is 1.12 bits per heavy atom. The first-order valence-electron chi connectivity index (χ1n) is 10.0. The van der Waals surface area contributed by atoms with E-state index in [1.165, 1.54) is 10.6 Å². The topological polar surface area (TPSA) is 88.7 Å². The standard InChI is InChI=1S/C23H22ClN5O3/c1-27-13-16(9-10-26-27)12-25-21(30)17-5-8-20-19(11-17)22(31)29(23(32)28(20)2)14-15-3-6-18(24)7-4-15/h3-8,10-11,13H,9,12,14H2,1-2H3,(H,25,30). The quantitative estimate of drug-likeness (QED) is 0.644. The summed E-state index contributed by atoms with van der Waals surface area (Å²) in [6.45, 7) is 0.486. The van der Waals surface area contributed by atoms with Gasteiger partial charge >= 0.3 is 5.69 Å². The second-order valence-electron chi connectivity index (χ2n) is 7.64. The fourth-order valence-electron chi connectivity index (χ4n) is 3.62. The predicted molar refractivity (Wildman–Crippen MR) is 125 cm³/mol. The highest BCUT2D eigenvalue weighted by atomic mass is 35.5. The number of aryl methyl sites for hydroxylation is 1. The van der Waals surface area contributed by atoms with Crippen LogP contribution in [0.5, 0.6) is 0 Å². The Morgan fingerprint density at radius 3 is 2.59 bits per heavy atom. The van der Waals surface area contributed by atoms with Gasteiger partial charge in [-0.15, -0.1) is 0 Å². The molecular formula is C23H22ClN5O3. The third kappa shape index (κ3) is 4.36. The van der Waals surface area contributed by atoms with Crippen molar-refractivity contribution in [2.24, 2.45) is 12.1 Å². The summed E-state index contributed by atoms with van der Waals surface area (Å²) < 4.78 is 2.58. The van der Waals surface area contributed by atoms with Crippen molar-refractivity contribution in [2.45, 2.75) is 13.0 Å². The number of benzene rings is 2. The molecule has 3 aromatic rings. The van der Waals surface area contributed by atoms with Crippen LogP contribution in [0.25, 0.3) is 10.9 Å². The molecule has 0 saturated heterocycles. The molecule has 0 atom stereocenters. The molecular weight excluding hydrogens is 430 g/mol. The zero-order valence-electron chi connectivity index (χ0n) is 17.7. The average Bonchev–Trinajstić information content (AvgIpc) is 2.79. The molecule has 1 aliphatic rings. The second-order valence-corrected chi connectivity index (χ2v) is 8.07. The van der Waals surface area contributed by atoms with E-state index in [9.17, 15) is 14.4 Å². The molecule has 1 N–H and O–H groups in total. The maximum atomic E-state index is 13.2. The van der Waals surface area contributed by atoms with Crippen LogP contribution in [0.2, 0.25) is 5.02 Å². The molecule has 0 radical (unpaired) electrons. The molecule has 164 valence electrons. The van der Waals surface area contributed by atoms with E-state index in [0.29, 0.717) is 34.5 Å². The van der Waals surface area contributed by atoms with E-state index < -0.39 is 11.2 Å². The van der Waals surface area contributed by atoms with Crippen LogP contribution >= 0.6 is 11.6 Å².